The van der Waals surface area contributed by atoms with Crippen LogP contribution in [0.4, 0.5) is 13.2 Å². The number of alkyl halides is 3. The van der Waals surface area contributed by atoms with Crippen molar-refractivity contribution in [2.45, 2.75) is 37.9 Å². The number of piperidine rings is 1. The van der Waals surface area contributed by atoms with Gasteiger partial charge in [-0.2, -0.15) is 13.2 Å². The maximum absolute atomic E-state index is 12.5. The molecule has 0 spiro atoms. The van der Waals surface area contributed by atoms with Crippen LogP contribution < -0.4 is 11.3 Å². The Morgan fingerprint density at radius 2 is 1.76 bits per heavy atom. The number of halogens is 3. The summed E-state index contributed by atoms with van der Waals surface area (Å²) in [6, 6.07) is 0.307. The molecule has 98 valence electrons. The lowest BCUT2D eigenvalue weighted by Gasteiger charge is -2.34. The highest BCUT2D eigenvalue weighted by Gasteiger charge is 2.41. The molecule has 0 amide bonds. The lowest BCUT2D eigenvalue weighted by Crippen LogP contribution is -2.49. The van der Waals surface area contributed by atoms with Gasteiger partial charge in [0.15, 0.2) is 0 Å². The first kappa shape index (κ1) is 12.5. The zero-order chi connectivity index (χ0) is 12.5. The first-order valence-electron chi connectivity index (χ1n) is 5.87. The highest BCUT2D eigenvalue weighted by atomic mass is 19.4. The molecule has 0 radical (unpaired) electrons. The molecule has 2 rings (SSSR count). The normalized spacial score (nSPS) is 24.0. The van der Waals surface area contributed by atoms with E-state index in [1.807, 2.05) is 0 Å². The number of nitrogens with one attached hydrogen (secondary N) is 1. The van der Waals surface area contributed by atoms with Crippen molar-refractivity contribution in [3.8, 4) is 0 Å². The highest BCUT2D eigenvalue weighted by Crippen LogP contribution is 2.34. The molecule has 0 unspecified atom stereocenters. The average molecular weight is 250 g/mol. The lowest BCUT2D eigenvalue weighted by molar-refractivity contribution is -0.183. The minimum absolute atomic E-state index is 0.120. The van der Waals surface area contributed by atoms with Gasteiger partial charge in [-0.1, -0.05) is 0 Å². The predicted molar refractivity (Wildman–Crippen MR) is 58.1 cm³/mol. The molecule has 0 atom stereocenters. The summed E-state index contributed by atoms with van der Waals surface area (Å²) in [4.78, 5) is 6.15. The fourth-order valence-electron chi connectivity index (χ4n) is 2.01. The Morgan fingerprint density at radius 1 is 1.18 bits per heavy atom. The van der Waals surface area contributed by atoms with Gasteiger partial charge in [-0.25, -0.2) is 10.8 Å². The van der Waals surface area contributed by atoms with Gasteiger partial charge >= 0.3 is 6.18 Å². The molecule has 2 aliphatic rings. The highest BCUT2D eigenvalue weighted by molar-refractivity contribution is 5.79. The smallest absolute Gasteiger partial charge is 0.342 e. The number of likely N-dealkylation sites (tertiary alicyclic amines) is 1. The Kier molecular flexibility index (Phi) is 3.46. The van der Waals surface area contributed by atoms with Crippen LogP contribution in [0.1, 0.15) is 25.7 Å². The van der Waals surface area contributed by atoms with E-state index in [9.17, 15) is 13.2 Å². The number of guanidine groups is 1. The number of nitrogens with two attached hydrogens (primary N) is 1. The predicted octanol–water partition coefficient (Wildman–Crippen LogP) is 1.24. The second kappa shape index (κ2) is 4.72. The van der Waals surface area contributed by atoms with Crippen molar-refractivity contribution in [1.82, 2.24) is 10.3 Å². The van der Waals surface area contributed by atoms with Crippen molar-refractivity contribution in [3.05, 3.63) is 0 Å². The van der Waals surface area contributed by atoms with Crippen LogP contribution in [0, 0.1) is 5.92 Å². The molecule has 1 heterocycles. The van der Waals surface area contributed by atoms with E-state index in [4.69, 9.17) is 5.84 Å². The summed E-state index contributed by atoms with van der Waals surface area (Å²) in [7, 11) is 0. The molecule has 0 aromatic heterocycles. The first-order valence-corrected chi connectivity index (χ1v) is 5.87. The van der Waals surface area contributed by atoms with Crippen molar-refractivity contribution >= 4 is 5.96 Å². The van der Waals surface area contributed by atoms with Crippen molar-refractivity contribution in [3.63, 3.8) is 0 Å². The molecular weight excluding hydrogens is 233 g/mol. The number of hydrazine groups is 1. The monoisotopic (exact) mass is 250 g/mol. The van der Waals surface area contributed by atoms with Crippen molar-refractivity contribution in [2.75, 3.05) is 13.1 Å². The van der Waals surface area contributed by atoms with Crippen LogP contribution in [0.3, 0.4) is 0 Å². The number of hydrogen-bond acceptors (Lipinski definition) is 2. The van der Waals surface area contributed by atoms with Crippen LogP contribution in [0.25, 0.3) is 0 Å². The molecule has 0 aromatic carbocycles. The second-order valence-electron chi connectivity index (χ2n) is 4.63. The van der Waals surface area contributed by atoms with Gasteiger partial charge in [-0.05, 0) is 25.7 Å². The van der Waals surface area contributed by atoms with Crippen LogP contribution >= 0.6 is 0 Å². The van der Waals surface area contributed by atoms with E-state index in [1.165, 1.54) is 0 Å². The van der Waals surface area contributed by atoms with Gasteiger partial charge in [0.25, 0.3) is 0 Å². The molecule has 7 heteroatoms. The lowest BCUT2D eigenvalue weighted by atomic mass is 9.96. The third-order valence-corrected chi connectivity index (χ3v) is 3.24. The average Bonchev–Trinajstić information content (AvgIpc) is 3.09. The minimum atomic E-state index is -4.07. The summed E-state index contributed by atoms with van der Waals surface area (Å²) in [6.45, 7) is 0.722. The fraction of sp³-hybridized carbons (Fsp3) is 0.900. The first-order chi connectivity index (χ1) is 8.00. The third-order valence-electron chi connectivity index (χ3n) is 3.24. The Hall–Kier alpha value is -0.980. The van der Waals surface area contributed by atoms with Gasteiger partial charge in [0.05, 0.1) is 12.0 Å². The van der Waals surface area contributed by atoms with E-state index in [0.717, 1.165) is 12.8 Å². The van der Waals surface area contributed by atoms with Crippen LogP contribution in [-0.4, -0.2) is 36.2 Å². The molecule has 3 N–H and O–H groups in total. The van der Waals surface area contributed by atoms with E-state index >= 15 is 0 Å². The zero-order valence-corrected chi connectivity index (χ0v) is 9.50. The zero-order valence-electron chi connectivity index (χ0n) is 9.50. The molecule has 4 nitrogen and oxygen atoms in total. The summed E-state index contributed by atoms with van der Waals surface area (Å²) in [5.74, 6) is 4.71. The topological polar surface area (TPSA) is 53.6 Å². The van der Waals surface area contributed by atoms with Gasteiger partial charge in [-0.15, -0.1) is 0 Å². The molecular formula is C10H17F3N4. The third kappa shape index (κ3) is 3.24. The summed E-state index contributed by atoms with van der Waals surface area (Å²) in [6.07, 6.45) is -1.74. The van der Waals surface area contributed by atoms with E-state index in [0.29, 0.717) is 25.1 Å². The van der Waals surface area contributed by atoms with Crippen LogP contribution in [0.2, 0.25) is 0 Å². The minimum Gasteiger partial charge on any atom is -0.342 e. The number of rotatable bonds is 1. The summed E-state index contributed by atoms with van der Waals surface area (Å²) >= 11 is 0. The van der Waals surface area contributed by atoms with Crippen LogP contribution in [-0.2, 0) is 0 Å². The van der Waals surface area contributed by atoms with E-state index in [-0.39, 0.29) is 12.8 Å². The van der Waals surface area contributed by atoms with Crippen LogP contribution in [0.5, 0.6) is 0 Å². The van der Waals surface area contributed by atoms with Gasteiger partial charge in [0.2, 0.25) is 5.96 Å². The Labute approximate surface area is 98.0 Å². The molecule has 1 saturated carbocycles. The largest absolute Gasteiger partial charge is 0.391 e. The van der Waals surface area contributed by atoms with Gasteiger partial charge < -0.3 is 4.90 Å². The van der Waals surface area contributed by atoms with Gasteiger partial charge in [-0.3, -0.25) is 5.43 Å². The Balaban J connectivity index is 1.89. The summed E-state index contributed by atoms with van der Waals surface area (Å²) in [5, 5.41) is 0. The Morgan fingerprint density at radius 3 is 2.18 bits per heavy atom. The maximum Gasteiger partial charge on any atom is 0.391 e. The number of nitrogens with zero attached hydrogens (tertiary/aromatic N) is 2. The Bertz CT molecular complexity index is 290. The van der Waals surface area contributed by atoms with Gasteiger partial charge in [0.1, 0.15) is 0 Å². The fourth-order valence-corrected chi connectivity index (χ4v) is 2.01. The summed E-state index contributed by atoms with van der Waals surface area (Å²) < 4.78 is 37.4. The second-order valence-corrected chi connectivity index (χ2v) is 4.63. The summed E-state index contributed by atoms with van der Waals surface area (Å²) in [5.41, 5.74) is 2.49. The quantitative estimate of drug-likeness (QED) is 0.319. The maximum atomic E-state index is 12.5. The van der Waals surface area contributed by atoms with E-state index < -0.39 is 12.1 Å². The molecule has 17 heavy (non-hydrogen) atoms. The van der Waals surface area contributed by atoms with Crippen molar-refractivity contribution in [2.24, 2.45) is 16.8 Å². The molecule has 1 aliphatic carbocycles. The molecule has 1 aliphatic heterocycles. The number of aliphatic imine (C=N–C) groups is 1. The van der Waals surface area contributed by atoms with Crippen LogP contribution in [0.15, 0.2) is 4.99 Å². The SMILES string of the molecule is NNC(=NC1CC1)N1CCC(C(F)(F)F)CC1. The van der Waals surface area contributed by atoms with E-state index in [2.05, 4.69) is 10.4 Å². The molecule has 1 saturated heterocycles. The molecule has 2 fully saturated rings. The number of hydrogen-bond donors (Lipinski definition) is 2. The molecule has 0 bridgehead atoms. The standard InChI is InChI=1S/C10H17F3N4/c11-10(12,13)7-3-5-17(6-4-7)9(16-14)15-8-1-2-8/h7-8H,1-6,14H2,(H,15,16). The van der Waals surface area contributed by atoms with Crippen molar-refractivity contribution < 1.29 is 13.2 Å². The van der Waals surface area contributed by atoms with E-state index in [1.54, 1.807) is 4.90 Å². The van der Waals surface area contributed by atoms with Gasteiger partial charge in [0, 0.05) is 13.1 Å². The van der Waals surface area contributed by atoms with Crippen molar-refractivity contribution in [1.29, 1.82) is 0 Å². The molecule has 0 aromatic rings.